The zero-order valence-corrected chi connectivity index (χ0v) is 12.1. The second kappa shape index (κ2) is 7.12. The highest BCUT2D eigenvalue weighted by Gasteiger charge is 2.07. The number of ether oxygens (including phenoxy) is 1. The number of nitrogens with zero attached hydrogens (tertiary/aromatic N) is 1. The van der Waals surface area contributed by atoms with Crippen molar-refractivity contribution in [1.29, 1.82) is 0 Å². The van der Waals surface area contributed by atoms with Crippen LogP contribution in [0.4, 0.5) is 0 Å². The van der Waals surface area contributed by atoms with Crippen LogP contribution in [0.1, 0.15) is 5.56 Å². The van der Waals surface area contributed by atoms with E-state index in [1.807, 2.05) is 31.3 Å². The number of hydrogen-bond donors (Lipinski definition) is 1. The minimum absolute atomic E-state index is 0.0300. The van der Waals surface area contributed by atoms with E-state index in [9.17, 15) is 4.79 Å². The molecule has 0 spiro atoms. The molecule has 0 radical (unpaired) electrons. The van der Waals surface area contributed by atoms with Crippen LogP contribution in [0, 0.1) is 0 Å². The van der Waals surface area contributed by atoms with Gasteiger partial charge in [-0.05, 0) is 25.2 Å². The van der Waals surface area contributed by atoms with Crippen LogP contribution in [0.15, 0.2) is 47.4 Å². The third-order valence-corrected chi connectivity index (χ3v) is 3.27. The van der Waals surface area contributed by atoms with Crippen molar-refractivity contribution in [2.45, 2.75) is 13.1 Å². The van der Waals surface area contributed by atoms with Gasteiger partial charge in [0, 0.05) is 29.4 Å². The van der Waals surface area contributed by atoms with Gasteiger partial charge in [-0.3, -0.25) is 4.79 Å². The Balaban J connectivity index is 2.03. The standard InChI is InChI=1S/C15H17ClN2O2/c1-17-11-12-13(16)5-4-6-14(12)20-10-9-18-8-3-2-7-15(18)19/h2-8,17H,9-11H2,1H3. The Morgan fingerprint density at radius 2 is 2.10 bits per heavy atom. The monoisotopic (exact) mass is 292 g/mol. The molecule has 2 rings (SSSR count). The first kappa shape index (κ1) is 14.6. The van der Waals surface area contributed by atoms with E-state index in [0.29, 0.717) is 24.7 Å². The minimum atomic E-state index is -0.0300. The summed E-state index contributed by atoms with van der Waals surface area (Å²) in [6, 6.07) is 10.7. The van der Waals surface area contributed by atoms with Crippen molar-refractivity contribution in [3.63, 3.8) is 0 Å². The summed E-state index contributed by atoms with van der Waals surface area (Å²) in [6.45, 7) is 1.56. The highest BCUT2D eigenvalue weighted by atomic mass is 35.5. The normalized spacial score (nSPS) is 10.5. The van der Waals surface area contributed by atoms with Crippen molar-refractivity contribution in [3.8, 4) is 5.75 Å². The van der Waals surface area contributed by atoms with Gasteiger partial charge in [0.2, 0.25) is 0 Å². The topological polar surface area (TPSA) is 43.3 Å². The molecule has 0 unspecified atom stereocenters. The number of aromatic nitrogens is 1. The van der Waals surface area contributed by atoms with Gasteiger partial charge in [0.05, 0.1) is 6.54 Å². The average molecular weight is 293 g/mol. The van der Waals surface area contributed by atoms with E-state index in [-0.39, 0.29) is 5.56 Å². The summed E-state index contributed by atoms with van der Waals surface area (Å²) in [6.07, 6.45) is 1.75. The summed E-state index contributed by atoms with van der Waals surface area (Å²) in [4.78, 5) is 11.6. The molecule has 4 nitrogen and oxygen atoms in total. The fraction of sp³-hybridized carbons (Fsp3) is 0.267. The van der Waals surface area contributed by atoms with Crippen LogP contribution >= 0.6 is 11.6 Å². The third-order valence-electron chi connectivity index (χ3n) is 2.92. The predicted molar refractivity (Wildman–Crippen MR) is 80.4 cm³/mol. The first-order valence-electron chi connectivity index (χ1n) is 6.42. The Hall–Kier alpha value is -1.78. The SMILES string of the molecule is CNCc1c(Cl)cccc1OCCn1ccccc1=O. The van der Waals surface area contributed by atoms with Crippen LogP contribution in [0.25, 0.3) is 0 Å². The lowest BCUT2D eigenvalue weighted by molar-refractivity contribution is 0.293. The maximum absolute atomic E-state index is 11.6. The fourth-order valence-electron chi connectivity index (χ4n) is 1.92. The summed E-state index contributed by atoms with van der Waals surface area (Å²) in [5.41, 5.74) is 0.898. The number of nitrogens with one attached hydrogen (secondary N) is 1. The molecule has 1 aromatic carbocycles. The van der Waals surface area contributed by atoms with Gasteiger partial charge in [0.1, 0.15) is 12.4 Å². The van der Waals surface area contributed by atoms with Crippen LogP contribution in [0.3, 0.4) is 0 Å². The van der Waals surface area contributed by atoms with E-state index >= 15 is 0 Å². The first-order valence-corrected chi connectivity index (χ1v) is 6.80. The molecule has 0 bridgehead atoms. The van der Waals surface area contributed by atoms with Gasteiger partial charge in [-0.2, -0.15) is 0 Å². The molecular formula is C15H17ClN2O2. The summed E-state index contributed by atoms with van der Waals surface area (Å²) < 4.78 is 7.36. The second-order valence-corrected chi connectivity index (χ2v) is 4.73. The summed E-state index contributed by atoms with van der Waals surface area (Å²) >= 11 is 6.15. The Kier molecular flexibility index (Phi) is 5.21. The molecule has 1 N–H and O–H groups in total. The lowest BCUT2D eigenvalue weighted by Crippen LogP contribution is -2.21. The van der Waals surface area contributed by atoms with Crippen molar-refractivity contribution in [2.24, 2.45) is 0 Å². The molecule has 2 aromatic rings. The molecule has 1 heterocycles. The lowest BCUT2D eigenvalue weighted by Gasteiger charge is -2.13. The van der Waals surface area contributed by atoms with E-state index in [0.717, 1.165) is 11.3 Å². The Morgan fingerprint density at radius 3 is 2.85 bits per heavy atom. The molecule has 0 aliphatic heterocycles. The molecule has 0 aliphatic carbocycles. The van der Waals surface area contributed by atoms with Crippen molar-refractivity contribution in [2.75, 3.05) is 13.7 Å². The molecule has 0 aliphatic rings. The number of benzene rings is 1. The molecule has 0 saturated heterocycles. The molecule has 106 valence electrons. The highest BCUT2D eigenvalue weighted by molar-refractivity contribution is 6.31. The van der Waals surface area contributed by atoms with Gasteiger partial charge in [-0.15, -0.1) is 0 Å². The summed E-state index contributed by atoms with van der Waals surface area (Å²) in [5.74, 6) is 0.746. The Labute approximate surface area is 123 Å². The number of hydrogen-bond acceptors (Lipinski definition) is 3. The molecule has 0 atom stereocenters. The molecule has 0 saturated carbocycles. The molecular weight excluding hydrogens is 276 g/mol. The molecule has 1 aromatic heterocycles. The lowest BCUT2D eigenvalue weighted by atomic mass is 10.2. The van der Waals surface area contributed by atoms with Gasteiger partial charge >= 0.3 is 0 Å². The average Bonchev–Trinajstić information content (AvgIpc) is 2.44. The molecule has 0 fully saturated rings. The van der Waals surface area contributed by atoms with Crippen LogP contribution in [-0.4, -0.2) is 18.2 Å². The predicted octanol–water partition coefficient (Wildman–Crippen LogP) is 2.30. The van der Waals surface area contributed by atoms with Crippen LogP contribution < -0.4 is 15.6 Å². The van der Waals surface area contributed by atoms with Crippen molar-refractivity contribution < 1.29 is 4.74 Å². The van der Waals surface area contributed by atoms with E-state index in [4.69, 9.17) is 16.3 Å². The van der Waals surface area contributed by atoms with Crippen LogP contribution in [0.2, 0.25) is 5.02 Å². The first-order chi connectivity index (χ1) is 9.72. The van der Waals surface area contributed by atoms with Gasteiger partial charge in [-0.25, -0.2) is 0 Å². The van der Waals surface area contributed by atoms with Gasteiger partial charge in [-0.1, -0.05) is 23.7 Å². The van der Waals surface area contributed by atoms with Crippen LogP contribution in [0.5, 0.6) is 5.75 Å². The van der Waals surface area contributed by atoms with E-state index in [1.54, 1.807) is 16.8 Å². The smallest absolute Gasteiger partial charge is 0.250 e. The largest absolute Gasteiger partial charge is 0.491 e. The van der Waals surface area contributed by atoms with E-state index in [2.05, 4.69) is 5.32 Å². The Morgan fingerprint density at radius 1 is 1.25 bits per heavy atom. The van der Waals surface area contributed by atoms with E-state index < -0.39 is 0 Å². The number of pyridine rings is 1. The third kappa shape index (κ3) is 3.62. The molecule has 20 heavy (non-hydrogen) atoms. The second-order valence-electron chi connectivity index (χ2n) is 4.33. The molecule has 0 amide bonds. The summed E-state index contributed by atoms with van der Waals surface area (Å²) in [7, 11) is 1.86. The summed E-state index contributed by atoms with van der Waals surface area (Å²) in [5, 5.41) is 3.74. The van der Waals surface area contributed by atoms with Crippen molar-refractivity contribution >= 4 is 11.6 Å². The van der Waals surface area contributed by atoms with Gasteiger partial charge in [0.15, 0.2) is 0 Å². The minimum Gasteiger partial charge on any atom is -0.491 e. The van der Waals surface area contributed by atoms with Crippen molar-refractivity contribution in [3.05, 3.63) is 63.5 Å². The number of halogens is 1. The quantitative estimate of drug-likeness (QED) is 0.888. The number of rotatable bonds is 6. The van der Waals surface area contributed by atoms with Crippen LogP contribution in [-0.2, 0) is 13.1 Å². The highest BCUT2D eigenvalue weighted by Crippen LogP contribution is 2.26. The van der Waals surface area contributed by atoms with E-state index in [1.165, 1.54) is 6.07 Å². The maximum atomic E-state index is 11.6. The zero-order valence-electron chi connectivity index (χ0n) is 11.3. The fourth-order valence-corrected chi connectivity index (χ4v) is 2.15. The van der Waals surface area contributed by atoms with Gasteiger partial charge < -0.3 is 14.6 Å². The molecule has 5 heteroatoms. The van der Waals surface area contributed by atoms with Gasteiger partial charge in [0.25, 0.3) is 5.56 Å². The van der Waals surface area contributed by atoms with Crippen molar-refractivity contribution in [1.82, 2.24) is 9.88 Å². The Bertz CT molecular complexity index is 625. The zero-order chi connectivity index (χ0) is 14.4. The maximum Gasteiger partial charge on any atom is 0.250 e.